The number of nitrogens with one attached hydrogen (secondary N) is 2. The first-order chi connectivity index (χ1) is 18.2. The minimum atomic E-state index is -0.985. The number of hydrogen-bond acceptors (Lipinski definition) is 5. The lowest BCUT2D eigenvalue weighted by Gasteiger charge is -2.52. The zero-order chi connectivity index (χ0) is 26.9. The summed E-state index contributed by atoms with van der Waals surface area (Å²) < 4.78 is 5.51. The van der Waals surface area contributed by atoms with Crippen LogP contribution >= 0.6 is 0 Å². The minimum absolute atomic E-state index is 0.0419. The SMILES string of the molecule is CC(C)(C)OC(=O)CCN1C(=O)C(Cc2c[nH]c3ccccc23)NC(=O)C12CCN(c1ccccc1)CC2. The van der Waals surface area contributed by atoms with Gasteiger partial charge < -0.3 is 24.8 Å². The first-order valence-corrected chi connectivity index (χ1v) is 13.4. The first kappa shape index (κ1) is 25.8. The highest BCUT2D eigenvalue weighted by Crippen LogP contribution is 2.35. The van der Waals surface area contributed by atoms with E-state index in [1.165, 1.54) is 0 Å². The number of aromatic nitrogens is 1. The lowest BCUT2D eigenvalue weighted by molar-refractivity contribution is -0.163. The Kier molecular flexibility index (Phi) is 6.90. The number of nitrogens with zero attached hydrogens (tertiary/aromatic N) is 2. The second kappa shape index (κ2) is 10.2. The highest BCUT2D eigenvalue weighted by Gasteiger charge is 2.53. The molecule has 2 saturated heterocycles. The van der Waals surface area contributed by atoms with E-state index in [1.54, 1.807) is 4.90 Å². The molecule has 0 saturated carbocycles. The first-order valence-electron chi connectivity index (χ1n) is 13.4. The molecule has 0 bridgehead atoms. The van der Waals surface area contributed by atoms with Crippen LogP contribution in [0.5, 0.6) is 0 Å². The van der Waals surface area contributed by atoms with Gasteiger partial charge in [0.1, 0.15) is 17.2 Å². The number of benzene rings is 2. The normalized spacial score (nSPS) is 19.6. The third-order valence-electron chi connectivity index (χ3n) is 7.58. The van der Waals surface area contributed by atoms with Crippen molar-refractivity contribution in [1.29, 1.82) is 0 Å². The van der Waals surface area contributed by atoms with Gasteiger partial charge in [-0.2, -0.15) is 0 Å². The number of ether oxygens (including phenoxy) is 1. The summed E-state index contributed by atoms with van der Waals surface area (Å²) in [7, 11) is 0. The Hall–Kier alpha value is -3.81. The highest BCUT2D eigenvalue weighted by atomic mass is 16.6. The van der Waals surface area contributed by atoms with Crippen LogP contribution in [0.2, 0.25) is 0 Å². The number of esters is 1. The summed E-state index contributed by atoms with van der Waals surface area (Å²) in [6, 6.07) is 17.3. The second-order valence-electron chi connectivity index (χ2n) is 11.3. The van der Waals surface area contributed by atoms with E-state index in [1.807, 2.05) is 69.4 Å². The van der Waals surface area contributed by atoms with Crippen LogP contribution in [-0.2, 0) is 25.5 Å². The summed E-state index contributed by atoms with van der Waals surface area (Å²) in [6.45, 7) is 6.89. The molecule has 2 aliphatic heterocycles. The van der Waals surface area contributed by atoms with E-state index < -0.39 is 17.2 Å². The summed E-state index contributed by atoms with van der Waals surface area (Å²) in [5.74, 6) is -0.660. The Morgan fingerprint density at radius 1 is 1.03 bits per heavy atom. The third-order valence-corrected chi connectivity index (χ3v) is 7.58. The van der Waals surface area contributed by atoms with Crippen LogP contribution in [0, 0.1) is 0 Å². The van der Waals surface area contributed by atoms with Crippen LogP contribution in [0.25, 0.3) is 10.9 Å². The monoisotopic (exact) mass is 516 g/mol. The van der Waals surface area contributed by atoms with Gasteiger partial charge in [0.05, 0.1) is 6.42 Å². The van der Waals surface area contributed by atoms with Crippen LogP contribution < -0.4 is 10.2 Å². The number of piperidine rings is 1. The number of H-pyrrole nitrogens is 1. The number of aromatic amines is 1. The van der Waals surface area contributed by atoms with E-state index in [0.29, 0.717) is 32.4 Å². The summed E-state index contributed by atoms with van der Waals surface area (Å²) >= 11 is 0. The molecule has 2 aliphatic rings. The molecule has 38 heavy (non-hydrogen) atoms. The topological polar surface area (TPSA) is 94.7 Å². The molecular weight excluding hydrogens is 480 g/mol. The molecule has 0 radical (unpaired) electrons. The largest absolute Gasteiger partial charge is 0.460 e. The molecule has 200 valence electrons. The van der Waals surface area contributed by atoms with Gasteiger partial charge in [0, 0.05) is 48.8 Å². The van der Waals surface area contributed by atoms with Crippen LogP contribution in [0.1, 0.15) is 45.6 Å². The average Bonchev–Trinajstić information content (AvgIpc) is 3.30. The number of rotatable bonds is 6. The standard InChI is InChI=1S/C30H36N4O4/c1-29(2,3)38-26(35)13-16-34-27(36)25(19-21-20-31-24-12-8-7-11-23(21)24)32-28(37)30(34)14-17-33(18-15-30)22-9-5-4-6-10-22/h4-12,20,25,31H,13-19H2,1-3H3,(H,32,37). The molecule has 1 atom stereocenters. The zero-order valence-corrected chi connectivity index (χ0v) is 22.3. The Bertz CT molecular complexity index is 1320. The molecule has 2 aromatic carbocycles. The zero-order valence-electron chi connectivity index (χ0n) is 22.3. The number of para-hydroxylation sites is 2. The molecule has 0 aliphatic carbocycles. The lowest BCUT2D eigenvalue weighted by Crippen LogP contribution is -2.73. The molecule has 2 N–H and O–H groups in total. The molecule has 3 heterocycles. The van der Waals surface area contributed by atoms with Crippen molar-refractivity contribution in [3.63, 3.8) is 0 Å². The van der Waals surface area contributed by atoms with Gasteiger partial charge in [0.15, 0.2) is 0 Å². The van der Waals surface area contributed by atoms with Crippen LogP contribution in [-0.4, -0.2) is 64.5 Å². The number of piperazine rings is 1. The lowest BCUT2D eigenvalue weighted by atomic mass is 9.81. The van der Waals surface area contributed by atoms with Crippen molar-refractivity contribution < 1.29 is 19.1 Å². The van der Waals surface area contributed by atoms with E-state index in [4.69, 9.17) is 4.74 Å². The van der Waals surface area contributed by atoms with E-state index in [0.717, 1.165) is 22.2 Å². The summed E-state index contributed by atoms with van der Waals surface area (Å²) in [5.41, 5.74) is 1.46. The summed E-state index contributed by atoms with van der Waals surface area (Å²) in [4.78, 5) is 47.6. The van der Waals surface area contributed by atoms with Gasteiger partial charge in [-0.15, -0.1) is 0 Å². The fourth-order valence-corrected chi connectivity index (χ4v) is 5.73. The maximum absolute atomic E-state index is 14.0. The van der Waals surface area contributed by atoms with E-state index in [-0.39, 0.29) is 30.7 Å². The molecule has 8 nitrogen and oxygen atoms in total. The predicted octanol–water partition coefficient (Wildman–Crippen LogP) is 3.81. The van der Waals surface area contributed by atoms with E-state index in [9.17, 15) is 14.4 Å². The van der Waals surface area contributed by atoms with E-state index >= 15 is 0 Å². The number of hydrogen-bond donors (Lipinski definition) is 2. The van der Waals surface area contributed by atoms with Crippen molar-refractivity contribution in [1.82, 2.24) is 15.2 Å². The fraction of sp³-hybridized carbons (Fsp3) is 0.433. The molecule has 1 aromatic heterocycles. The smallest absolute Gasteiger partial charge is 0.308 e. The Morgan fingerprint density at radius 3 is 2.42 bits per heavy atom. The average molecular weight is 517 g/mol. The third kappa shape index (κ3) is 5.12. The van der Waals surface area contributed by atoms with Crippen LogP contribution in [0.3, 0.4) is 0 Å². The summed E-state index contributed by atoms with van der Waals surface area (Å²) in [6.07, 6.45) is 3.31. The van der Waals surface area contributed by atoms with Crippen molar-refractivity contribution in [3.8, 4) is 0 Å². The van der Waals surface area contributed by atoms with Gasteiger partial charge in [-0.25, -0.2) is 0 Å². The molecule has 5 rings (SSSR count). The molecule has 8 heteroatoms. The number of amides is 2. The number of carbonyl (C=O) groups excluding carboxylic acids is 3. The highest BCUT2D eigenvalue weighted by molar-refractivity contribution is 6.00. The number of fused-ring (bicyclic) bond motifs is 1. The quantitative estimate of drug-likeness (QED) is 0.486. The number of anilines is 1. The number of carbonyl (C=O) groups is 3. The van der Waals surface area contributed by atoms with E-state index in [2.05, 4.69) is 27.3 Å². The molecular formula is C30H36N4O4. The van der Waals surface area contributed by atoms with Gasteiger partial charge in [-0.05, 0) is 57.4 Å². The maximum Gasteiger partial charge on any atom is 0.308 e. The van der Waals surface area contributed by atoms with Gasteiger partial charge in [-0.1, -0.05) is 36.4 Å². The van der Waals surface area contributed by atoms with Crippen molar-refractivity contribution >= 4 is 34.4 Å². The Labute approximate surface area is 223 Å². The Morgan fingerprint density at radius 2 is 1.71 bits per heavy atom. The van der Waals surface area contributed by atoms with Crippen molar-refractivity contribution in [2.45, 2.75) is 63.6 Å². The van der Waals surface area contributed by atoms with Crippen molar-refractivity contribution in [3.05, 3.63) is 66.4 Å². The van der Waals surface area contributed by atoms with Crippen molar-refractivity contribution in [2.24, 2.45) is 0 Å². The predicted molar refractivity (Wildman–Crippen MR) is 147 cm³/mol. The molecule has 3 aromatic rings. The van der Waals surface area contributed by atoms with Gasteiger partial charge in [-0.3, -0.25) is 14.4 Å². The van der Waals surface area contributed by atoms with Gasteiger partial charge >= 0.3 is 5.97 Å². The molecule has 2 amide bonds. The molecule has 1 spiro atoms. The van der Waals surface area contributed by atoms with Gasteiger partial charge in [0.25, 0.3) is 0 Å². The Balaban J connectivity index is 1.38. The van der Waals surface area contributed by atoms with Crippen LogP contribution in [0.4, 0.5) is 5.69 Å². The molecule has 2 fully saturated rings. The fourth-order valence-electron chi connectivity index (χ4n) is 5.73. The second-order valence-corrected chi connectivity index (χ2v) is 11.3. The van der Waals surface area contributed by atoms with Crippen molar-refractivity contribution in [2.75, 3.05) is 24.5 Å². The molecule has 1 unspecified atom stereocenters. The minimum Gasteiger partial charge on any atom is -0.460 e. The van der Waals surface area contributed by atoms with Crippen LogP contribution in [0.15, 0.2) is 60.8 Å². The summed E-state index contributed by atoms with van der Waals surface area (Å²) in [5, 5.41) is 4.10. The maximum atomic E-state index is 14.0. The van der Waals surface area contributed by atoms with Gasteiger partial charge in [0.2, 0.25) is 11.8 Å².